The van der Waals surface area contributed by atoms with Gasteiger partial charge in [0.25, 0.3) is 0 Å². The zero-order valence-electron chi connectivity index (χ0n) is 10.3. The number of hydrogen-bond acceptors (Lipinski definition) is 3. The molecule has 0 saturated carbocycles. The molecule has 1 atom stereocenters. The van der Waals surface area contributed by atoms with Gasteiger partial charge < -0.3 is 16.8 Å². The Bertz CT molecular complexity index is 486. The summed E-state index contributed by atoms with van der Waals surface area (Å²) in [6.45, 7) is 4.18. The predicted octanol–water partition coefficient (Wildman–Crippen LogP) is 2.74. The predicted molar refractivity (Wildman–Crippen MR) is 73.3 cm³/mol. The topological polar surface area (TPSA) is 64.1 Å². The molecule has 1 unspecified atom stereocenters. The van der Waals surface area contributed by atoms with E-state index in [2.05, 4.69) is 18.3 Å². The minimum absolute atomic E-state index is 0.309. The van der Waals surface area contributed by atoms with Gasteiger partial charge in [0.1, 0.15) is 0 Å². The van der Waals surface area contributed by atoms with E-state index in [1.807, 2.05) is 31.2 Å². The molecule has 2 rings (SSSR count). The number of anilines is 2. The summed E-state index contributed by atoms with van der Waals surface area (Å²) < 4.78 is 0. The number of nitrogens with one attached hydrogen (secondary N) is 1. The largest absolute Gasteiger partial charge is 0.397 e. The van der Waals surface area contributed by atoms with Gasteiger partial charge in [-0.1, -0.05) is 12.1 Å². The smallest absolute Gasteiger partial charge is 0.0552 e. The van der Waals surface area contributed by atoms with E-state index in [1.54, 1.807) is 0 Å². The molecule has 90 valence electrons. The van der Waals surface area contributed by atoms with Crippen LogP contribution in [0.3, 0.4) is 0 Å². The van der Waals surface area contributed by atoms with E-state index in [9.17, 15) is 0 Å². The Labute approximate surface area is 102 Å². The van der Waals surface area contributed by atoms with Gasteiger partial charge >= 0.3 is 0 Å². The lowest BCUT2D eigenvalue weighted by molar-refractivity contribution is 0.656. The lowest BCUT2D eigenvalue weighted by atomic mass is 10.0. The fourth-order valence-corrected chi connectivity index (χ4v) is 2.15. The first-order chi connectivity index (χ1) is 8.11. The quantitative estimate of drug-likeness (QED) is 0.683. The van der Waals surface area contributed by atoms with Crippen molar-refractivity contribution in [2.45, 2.75) is 26.3 Å². The molecule has 3 heteroatoms. The zero-order valence-corrected chi connectivity index (χ0v) is 10.3. The Balaban J connectivity index is 2.20. The van der Waals surface area contributed by atoms with Crippen molar-refractivity contribution in [1.29, 1.82) is 0 Å². The van der Waals surface area contributed by atoms with Crippen LogP contribution < -0.4 is 16.8 Å². The Morgan fingerprint density at radius 1 is 1.29 bits per heavy atom. The van der Waals surface area contributed by atoms with Crippen molar-refractivity contribution in [3.05, 3.63) is 47.2 Å². The molecule has 3 nitrogen and oxygen atoms in total. The highest BCUT2D eigenvalue weighted by atomic mass is 15.0. The van der Waals surface area contributed by atoms with E-state index in [4.69, 9.17) is 11.5 Å². The number of nitrogen functional groups attached to an aromatic ring is 2. The molecular weight excluding hydrogens is 210 g/mol. The van der Waals surface area contributed by atoms with Crippen molar-refractivity contribution in [3.63, 3.8) is 0 Å². The molecule has 1 aliphatic heterocycles. The van der Waals surface area contributed by atoms with Crippen molar-refractivity contribution in [2.24, 2.45) is 0 Å². The number of hydrogen-bond donors (Lipinski definition) is 3. The van der Waals surface area contributed by atoms with Gasteiger partial charge in [0.2, 0.25) is 0 Å². The summed E-state index contributed by atoms with van der Waals surface area (Å²) in [6, 6.07) is 6.17. The summed E-state index contributed by atoms with van der Waals surface area (Å²) in [5, 5.41) is 3.50. The molecule has 0 bridgehead atoms. The van der Waals surface area contributed by atoms with E-state index < -0.39 is 0 Å². The minimum Gasteiger partial charge on any atom is -0.397 e. The van der Waals surface area contributed by atoms with Gasteiger partial charge in [-0.05, 0) is 49.6 Å². The normalized spacial score (nSPS) is 20.0. The van der Waals surface area contributed by atoms with Gasteiger partial charge in [0.05, 0.1) is 17.4 Å². The van der Waals surface area contributed by atoms with Gasteiger partial charge in [-0.3, -0.25) is 0 Å². The number of nitrogens with two attached hydrogens (primary N) is 2. The molecular formula is C14H19N3. The third kappa shape index (κ3) is 2.28. The molecule has 17 heavy (non-hydrogen) atoms. The van der Waals surface area contributed by atoms with Gasteiger partial charge in [0, 0.05) is 5.70 Å². The van der Waals surface area contributed by atoms with E-state index in [0.717, 1.165) is 6.42 Å². The second kappa shape index (κ2) is 4.53. The van der Waals surface area contributed by atoms with Crippen LogP contribution in [0.4, 0.5) is 11.4 Å². The monoisotopic (exact) mass is 229 g/mol. The highest BCUT2D eigenvalue weighted by molar-refractivity contribution is 5.64. The van der Waals surface area contributed by atoms with Crippen LogP contribution in [0.15, 0.2) is 41.6 Å². The number of rotatable bonds is 2. The fraction of sp³-hybridized carbons (Fsp3) is 0.286. The van der Waals surface area contributed by atoms with Crippen LogP contribution in [0.2, 0.25) is 0 Å². The van der Waals surface area contributed by atoms with Crippen LogP contribution in [0.25, 0.3) is 0 Å². The van der Waals surface area contributed by atoms with Crippen molar-refractivity contribution in [2.75, 3.05) is 11.5 Å². The molecule has 0 radical (unpaired) electrons. The lowest BCUT2D eigenvalue weighted by Gasteiger charge is -2.14. The van der Waals surface area contributed by atoms with Crippen LogP contribution in [-0.2, 0) is 0 Å². The van der Waals surface area contributed by atoms with Gasteiger partial charge in [-0.25, -0.2) is 0 Å². The standard InChI is InChI=1S/C14H19N3/c1-3-4-13-9(2)7-14(17-13)10-5-6-11(15)12(16)8-10/h3-6,8,14,17H,7,15-16H2,1-2H3/b4-3-. The molecule has 5 N–H and O–H groups in total. The second-order valence-corrected chi connectivity index (χ2v) is 4.48. The molecule has 0 fully saturated rings. The van der Waals surface area contributed by atoms with Crippen molar-refractivity contribution in [3.8, 4) is 0 Å². The highest BCUT2D eigenvalue weighted by Gasteiger charge is 2.20. The summed E-state index contributed by atoms with van der Waals surface area (Å²) in [5.74, 6) is 0. The van der Waals surface area contributed by atoms with E-state index in [1.165, 1.54) is 16.8 Å². The average molecular weight is 229 g/mol. The van der Waals surface area contributed by atoms with Crippen LogP contribution in [0.5, 0.6) is 0 Å². The maximum Gasteiger partial charge on any atom is 0.0552 e. The van der Waals surface area contributed by atoms with Crippen molar-refractivity contribution in [1.82, 2.24) is 5.32 Å². The summed E-state index contributed by atoms with van der Waals surface area (Å²) >= 11 is 0. The summed E-state index contributed by atoms with van der Waals surface area (Å²) in [5.41, 5.74) is 16.6. The summed E-state index contributed by atoms with van der Waals surface area (Å²) in [7, 11) is 0. The highest BCUT2D eigenvalue weighted by Crippen LogP contribution is 2.32. The van der Waals surface area contributed by atoms with E-state index in [-0.39, 0.29) is 0 Å². The summed E-state index contributed by atoms with van der Waals surface area (Å²) in [6.07, 6.45) is 5.17. The summed E-state index contributed by atoms with van der Waals surface area (Å²) in [4.78, 5) is 0. The zero-order chi connectivity index (χ0) is 12.4. The molecule has 0 saturated heterocycles. The number of allylic oxidation sites excluding steroid dienone is 2. The van der Waals surface area contributed by atoms with E-state index >= 15 is 0 Å². The molecule has 0 spiro atoms. The third-order valence-corrected chi connectivity index (χ3v) is 3.15. The molecule has 1 aromatic carbocycles. The first-order valence-electron chi connectivity index (χ1n) is 5.85. The van der Waals surface area contributed by atoms with Gasteiger partial charge in [0.15, 0.2) is 0 Å². The Hall–Kier alpha value is -1.90. The molecule has 0 amide bonds. The second-order valence-electron chi connectivity index (χ2n) is 4.48. The van der Waals surface area contributed by atoms with E-state index in [0.29, 0.717) is 17.4 Å². The molecule has 0 aromatic heterocycles. The SMILES string of the molecule is C/C=C\C1=C(C)CC(c2ccc(N)c(N)c2)N1. The Morgan fingerprint density at radius 3 is 2.71 bits per heavy atom. The molecule has 1 aliphatic rings. The first-order valence-corrected chi connectivity index (χ1v) is 5.85. The molecule has 0 aliphatic carbocycles. The van der Waals surface area contributed by atoms with Crippen LogP contribution in [-0.4, -0.2) is 0 Å². The maximum absolute atomic E-state index is 5.84. The van der Waals surface area contributed by atoms with Gasteiger partial charge in [-0.15, -0.1) is 0 Å². The van der Waals surface area contributed by atoms with Crippen LogP contribution in [0.1, 0.15) is 31.9 Å². The maximum atomic E-state index is 5.84. The van der Waals surface area contributed by atoms with Crippen molar-refractivity contribution >= 4 is 11.4 Å². The minimum atomic E-state index is 0.309. The lowest BCUT2D eigenvalue weighted by Crippen LogP contribution is -2.14. The van der Waals surface area contributed by atoms with Crippen molar-refractivity contribution < 1.29 is 0 Å². The fourth-order valence-electron chi connectivity index (χ4n) is 2.15. The molecule has 1 heterocycles. The molecule has 1 aromatic rings. The first kappa shape index (κ1) is 11.6. The average Bonchev–Trinajstić information content (AvgIpc) is 2.65. The van der Waals surface area contributed by atoms with Crippen LogP contribution >= 0.6 is 0 Å². The van der Waals surface area contributed by atoms with Gasteiger partial charge in [-0.2, -0.15) is 0 Å². The Kier molecular flexibility index (Phi) is 3.09. The number of benzene rings is 1. The van der Waals surface area contributed by atoms with Crippen LogP contribution in [0, 0.1) is 0 Å². The Morgan fingerprint density at radius 2 is 2.06 bits per heavy atom. The third-order valence-electron chi connectivity index (χ3n) is 3.15.